The minimum atomic E-state index is -3.14. The summed E-state index contributed by atoms with van der Waals surface area (Å²) in [6.07, 6.45) is 3.00. The summed E-state index contributed by atoms with van der Waals surface area (Å²) >= 11 is 0. The van der Waals surface area contributed by atoms with Crippen LogP contribution >= 0.6 is 0 Å². The van der Waals surface area contributed by atoms with E-state index < -0.39 is 10.0 Å². The molecule has 1 saturated heterocycles. The van der Waals surface area contributed by atoms with Crippen LogP contribution in [-0.2, 0) is 10.0 Å². The summed E-state index contributed by atoms with van der Waals surface area (Å²) in [5.74, 6) is 0.662. The molecule has 8 heteroatoms. The molecule has 1 aromatic heterocycles. The third-order valence-electron chi connectivity index (χ3n) is 3.22. The van der Waals surface area contributed by atoms with Gasteiger partial charge in [-0.25, -0.2) is 17.7 Å². The number of hydrogen-bond donors (Lipinski definition) is 1. The summed E-state index contributed by atoms with van der Waals surface area (Å²) < 4.78 is 29.7. The van der Waals surface area contributed by atoms with Gasteiger partial charge in [0.25, 0.3) is 0 Å². The minimum absolute atomic E-state index is 0.0532. The lowest BCUT2D eigenvalue weighted by Gasteiger charge is -2.31. The molecule has 1 atom stereocenters. The topological polar surface area (TPSA) is 84.4 Å². The van der Waals surface area contributed by atoms with E-state index in [0.717, 1.165) is 18.5 Å². The first-order chi connectivity index (χ1) is 9.38. The molecule has 2 heterocycles. The molecule has 0 amide bonds. The number of sulfonamides is 1. The highest BCUT2D eigenvalue weighted by Crippen LogP contribution is 2.18. The maximum absolute atomic E-state index is 11.6. The van der Waals surface area contributed by atoms with Crippen LogP contribution in [-0.4, -0.2) is 55.2 Å². The molecule has 1 aliphatic rings. The lowest BCUT2D eigenvalue weighted by atomic mass is 10.1. The van der Waals surface area contributed by atoms with Crippen molar-refractivity contribution in [1.29, 1.82) is 0 Å². The fourth-order valence-electron chi connectivity index (χ4n) is 2.28. The van der Waals surface area contributed by atoms with Gasteiger partial charge in [0, 0.05) is 30.9 Å². The zero-order valence-corrected chi connectivity index (χ0v) is 12.8. The van der Waals surface area contributed by atoms with E-state index in [1.54, 1.807) is 0 Å². The highest BCUT2D eigenvalue weighted by molar-refractivity contribution is 7.88. The Morgan fingerprint density at radius 2 is 2.20 bits per heavy atom. The fourth-order valence-corrected chi connectivity index (χ4v) is 3.19. The second-order valence-electron chi connectivity index (χ2n) is 4.99. The first kappa shape index (κ1) is 15.0. The van der Waals surface area contributed by atoms with Crippen LogP contribution < -0.4 is 10.1 Å². The van der Waals surface area contributed by atoms with Crippen molar-refractivity contribution in [3.63, 3.8) is 0 Å². The van der Waals surface area contributed by atoms with Crippen molar-refractivity contribution in [1.82, 2.24) is 14.3 Å². The smallest absolute Gasteiger partial charge is 0.318 e. The first-order valence-electron chi connectivity index (χ1n) is 6.50. The summed E-state index contributed by atoms with van der Waals surface area (Å²) in [5.41, 5.74) is 0.801. The molecule has 0 spiro atoms. The van der Waals surface area contributed by atoms with Crippen LogP contribution in [0.1, 0.15) is 18.5 Å². The number of hydrogen-bond acceptors (Lipinski definition) is 6. The lowest BCUT2D eigenvalue weighted by Crippen LogP contribution is -2.44. The van der Waals surface area contributed by atoms with Crippen LogP contribution in [0.5, 0.6) is 6.01 Å². The van der Waals surface area contributed by atoms with Crippen molar-refractivity contribution in [3.05, 3.63) is 11.8 Å². The van der Waals surface area contributed by atoms with E-state index in [-0.39, 0.29) is 6.04 Å². The molecule has 0 aromatic carbocycles. The average molecular weight is 300 g/mol. The van der Waals surface area contributed by atoms with Gasteiger partial charge in [0.2, 0.25) is 10.0 Å². The number of nitrogens with zero attached hydrogens (tertiary/aromatic N) is 3. The van der Waals surface area contributed by atoms with Gasteiger partial charge in [-0.1, -0.05) is 0 Å². The SMILES string of the molecule is COc1nc(C)cc(NC2CCCN(S(C)(=O)=O)C2)n1. The van der Waals surface area contributed by atoms with Gasteiger partial charge in [-0.15, -0.1) is 0 Å². The third-order valence-corrected chi connectivity index (χ3v) is 4.49. The van der Waals surface area contributed by atoms with Gasteiger partial charge in [-0.05, 0) is 19.8 Å². The number of aryl methyl sites for hydroxylation is 1. The predicted molar refractivity (Wildman–Crippen MR) is 76.4 cm³/mol. The van der Waals surface area contributed by atoms with Gasteiger partial charge < -0.3 is 10.1 Å². The minimum Gasteiger partial charge on any atom is -0.467 e. The van der Waals surface area contributed by atoms with E-state index in [1.807, 2.05) is 13.0 Å². The fraction of sp³-hybridized carbons (Fsp3) is 0.667. The molecular formula is C12H20N4O3S. The summed E-state index contributed by atoms with van der Waals surface area (Å²) in [6.45, 7) is 2.91. The Labute approximate surface area is 119 Å². The molecule has 112 valence electrons. The van der Waals surface area contributed by atoms with Crippen LogP contribution in [0, 0.1) is 6.92 Å². The van der Waals surface area contributed by atoms with Gasteiger partial charge in [-0.3, -0.25) is 0 Å². The van der Waals surface area contributed by atoms with E-state index in [1.165, 1.54) is 17.7 Å². The molecule has 0 saturated carbocycles. The normalized spacial score (nSPS) is 20.6. The second kappa shape index (κ2) is 5.92. The second-order valence-corrected chi connectivity index (χ2v) is 6.97. The van der Waals surface area contributed by atoms with Gasteiger partial charge in [0.05, 0.1) is 13.4 Å². The van der Waals surface area contributed by atoms with Crippen molar-refractivity contribution in [2.75, 3.05) is 31.8 Å². The molecule has 7 nitrogen and oxygen atoms in total. The number of nitrogens with one attached hydrogen (secondary N) is 1. The van der Waals surface area contributed by atoms with Crippen LogP contribution in [0.4, 0.5) is 5.82 Å². The third kappa shape index (κ3) is 3.80. The summed E-state index contributed by atoms with van der Waals surface area (Å²) in [4.78, 5) is 8.34. The van der Waals surface area contributed by atoms with E-state index in [9.17, 15) is 8.42 Å². The Balaban J connectivity index is 2.08. The first-order valence-corrected chi connectivity index (χ1v) is 8.34. The Kier molecular flexibility index (Phi) is 4.44. The summed E-state index contributed by atoms with van der Waals surface area (Å²) in [6, 6.07) is 2.18. The van der Waals surface area contributed by atoms with Crippen molar-refractivity contribution >= 4 is 15.8 Å². The Morgan fingerprint density at radius 1 is 1.45 bits per heavy atom. The summed E-state index contributed by atoms with van der Waals surface area (Å²) in [7, 11) is -1.62. The van der Waals surface area contributed by atoms with E-state index in [4.69, 9.17) is 4.74 Å². The molecule has 20 heavy (non-hydrogen) atoms. The number of aromatic nitrogens is 2. The number of anilines is 1. The van der Waals surface area contributed by atoms with E-state index >= 15 is 0 Å². The highest BCUT2D eigenvalue weighted by Gasteiger charge is 2.26. The van der Waals surface area contributed by atoms with Gasteiger partial charge >= 0.3 is 6.01 Å². The number of methoxy groups -OCH3 is 1. The maximum Gasteiger partial charge on any atom is 0.318 e. The molecule has 0 aliphatic carbocycles. The quantitative estimate of drug-likeness (QED) is 0.878. The van der Waals surface area contributed by atoms with Crippen LogP contribution in [0.2, 0.25) is 0 Å². The zero-order chi connectivity index (χ0) is 14.8. The van der Waals surface area contributed by atoms with Crippen molar-refractivity contribution < 1.29 is 13.2 Å². The Morgan fingerprint density at radius 3 is 2.85 bits per heavy atom. The average Bonchev–Trinajstić information content (AvgIpc) is 2.37. The Bertz CT molecular complexity index is 576. The largest absolute Gasteiger partial charge is 0.467 e. The van der Waals surface area contributed by atoms with Crippen molar-refractivity contribution in [3.8, 4) is 6.01 Å². The molecule has 1 fully saturated rings. The molecular weight excluding hydrogens is 280 g/mol. The number of rotatable bonds is 4. The van der Waals surface area contributed by atoms with Gasteiger partial charge in [0.15, 0.2) is 0 Å². The standard InChI is InChI=1S/C12H20N4O3S/c1-9-7-11(15-12(13-9)19-2)14-10-5-4-6-16(8-10)20(3,17)18/h7,10H,4-6,8H2,1-3H3,(H,13,14,15). The molecule has 0 bridgehead atoms. The molecule has 1 unspecified atom stereocenters. The van der Waals surface area contributed by atoms with E-state index in [2.05, 4.69) is 15.3 Å². The lowest BCUT2D eigenvalue weighted by molar-refractivity contribution is 0.328. The number of piperidine rings is 1. The molecule has 2 rings (SSSR count). The van der Waals surface area contributed by atoms with Gasteiger partial charge in [0.1, 0.15) is 5.82 Å². The van der Waals surface area contributed by atoms with Gasteiger partial charge in [-0.2, -0.15) is 4.98 Å². The van der Waals surface area contributed by atoms with Crippen LogP contribution in [0.15, 0.2) is 6.07 Å². The molecule has 1 aliphatic heterocycles. The van der Waals surface area contributed by atoms with Crippen LogP contribution in [0.25, 0.3) is 0 Å². The highest BCUT2D eigenvalue weighted by atomic mass is 32.2. The molecule has 1 aromatic rings. The van der Waals surface area contributed by atoms with Crippen LogP contribution in [0.3, 0.4) is 0 Å². The van der Waals surface area contributed by atoms with Crippen molar-refractivity contribution in [2.24, 2.45) is 0 Å². The molecule has 1 N–H and O–H groups in total. The van der Waals surface area contributed by atoms with Crippen molar-refractivity contribution in [2.45, 2.75) is 25.8 Å². The zero-order valence-electron chi connectivity index (χ0n) is 12.0. The predicted octanol–water partition coefficient (Wildman–Crippen LogP) is 0.630. The molecule has 0 radical (unpaired) electrons. The monoisotopic (exact) mass is 300 g/mol. The Hall–Kier alpha value is -1.41. The van der Waals surface area contributed by atoms with E-state index in [0.29, 0.717) is 24.9 Å². The maximum atomic E-state index is 11.6. The summed E-state index contributed by atoms with van der Waals surface area (Å²) in [5, 5.41) is 3.26. The number of ether oxygens (including phenoxy) is 1.